The van der Waals surface area contributed by atoms with Gasteiger partial charge in [0.2, 0.25) is 0 Å². The van der Waals surface area contributed by atoms with Crippen LogP contribution in [-0.4, -0.2) is 44.8 Å². The molecule has 4 aromatic rings. The lowest BCUT2D eigenvalue weighted by Crippen LogP contribution is -2.43. The molecular weight excluding hydrogens is 438 g/mol. The Labute approximate surface area is 203 Å². The summed E-state index contributed by atoms with van der Waals surface area (Å²) in [6.07, 6.45) is 12.0. The van der Waals surface area contributed by atoms with Crippen molar-refractivity contribution in [3.8, 4) is 22.5 Å². The SMILES string of the molecule is NC1(c2nccc(-c3cnc4ccc(-c5ccccc5)cn34)n2)C=NC(NC2CCOCC2)=CC1. The van der Waals surface area contributed by atoms with E-state index in [-0.39, 0.29) is 0 Å². The minimum absolute atomic E-state index is 0.382. The Morgan fingerprint density at radius 2 is 1.86 bits per heavy atom. The van der Waals surface area contributed by atoms with E-state index in [1.54, 1.807) is 12.4 Å². The van der Waals surface area contributed by atoms with Gasteiger partial charge >= 0.3 is 0 Å². The first kappa shape index (κ1) is 21.6. The van der Waals surface area contributed by atoms with Gasteiger partial charge in [0.15, 0.2) is 5.82 Å². The molecule has 0 saturated carbocycles. The van der Waals surface area contributed by atoms with Crippen molar-refractivity contribution >= 4 is 11.9 Å². The lowest BCUT2D eigenvalue weighted by atomic mass is 9.94. The standard InChI is InChI=1S/C27H27N7O/c28-27(12-8-24(31-18-27)32-21-10-14-35-15-11-21)26-29-13-9-22(33-26)23-16-30-25-7-6-20(17-34(23)25)19-4-2-1-3-5-19/h1-9,13,16-18,21,32H,10-12,14-15,28H2. The Hall–Kier alpha value is -3.88. The molecule has 2 aliphatic heterocycles. The lowest BCUT2D eigenvalue weighted by Gasteiger charge is -2.28. The summed E-state index contributed by atoms with van der Waals surface area (Å²) in [5.41, 5.74) is 10.6. The Bertz CT molecular complexity index is 1410. The molecule has 8 heteroatoms. The zero-order chi connectivity index (χ0) is 23.7. The van der Waals surface area contributed by atoms with E-state index >= 15 is 0 Å². The van der Waals surface area contributed by atoms with Gasteiger partial charge in [-0.15, -0.1) is 0 Å². The van der Waals surface area contributed by atoms with E-state index < -0.39 is 5.54 Å². The van der Waals surface area contributed by atoms with Crippen molar-refractivity contribution in [2.75, 3.05) is 13.2 Å². The van der Waals surface area contributed by atoms with Gasteiger partial charge in [-0.25, -0.2) is 19.9 Å². The molecule has 2 aliphatic rings. The highest BCUT2D eigenvalue weighted by Crippen LogP contribution is 2.27. The fraction of sp³-hybridized carbons (Fsp3) is 0.259. The highest BCUT2D eigenvalue weighted by Gasteiger charge is 2.31. The summed E-state index contributed by atoms with van der Waals surface area (Å²) in [5.74, 6) is 1.39. The van der Waals surface area contributed by atoms with Gasteiger partial charge < -0.3 is 15.8 Å². The first-order valence-electron chi connectivity index (χ1n) is 11.9. The number of nitrogens with one attached hydrogen (secondary N) is 1. The van der Waals surface area contributed by atoms with Crippen LogP contribution in [0.3, 0.4) is 0 Å². The molecule has 0 spiro atoms. The van der Waals surface area contributed by atoms with Crippen molar-refractivity contribution < 1.29 is 4.74 Å². The van der Waals surface area contributed by atoms with Gasteiger partial charge in [0.1, 0.15) is 17.0 Å². The number of ether oxygens (including phenoxy) is 1. The molecule has 1 fully saturated rings. The Kier molecular flexibility index (Phi) is 5.60. The predicted molar refractivity (Wildman–Crippen MR) is 136 cm³/mol. The van der Waals surface area contributed by atoms with Gasteiger partial charge in [0.25, 0.3) is 0 Å². The number of fused-ring (bicyclic) bond motifs is 1. The van der Waals surface area contributed by atoms with Crippen molar-refractivity contribution in [2.24, 2.45) is 10.7 Å². The minimum Gasteiger partial charge on any atom is -0.381 e. The maximum atomic E-state index is 6.72. The summed E-state index contributed by atoms with van der Waals surface area (Å²) in [5, 5.41) is 3.49. The average molecular weight is 466 g/mol. The molecule has 35 heavy (non-hydrogen) atoms. The molecule has 5 heterocycles. The monoisotopic (exact) mass is 465 g/mol. The molecule has 0 radical (unpaired) electrons. The Morgan fingerprint density at radius 3 is 2.66 bits per heavy atom. The summed E-state index contributed by atoms with van der Waals surface area (Å²) in [4.78, 5) is 18.5. The summed E-state index contributed by atoms with van der Waals surface area (Å²) in [7, 11) is 0. The second-order valence-corrected chi connectivity index (χ2v) is 9.04. The zero-order valence-corrected chi connectivity index (χ0v) is 19.3. The van der Waals surface area contributed by atoms with Crippen molar-refractivity contribution in [3.63, 3.8) is 0 Å². The van der Waals surface area contributed by atoms with Crippen molar-refractivity contribution in [1.82, 2.24) is 24.7 Å². The van der Waals surface area contributed by atoms with Crippen LogP contribution in [0.15, 0.2) is 84.0 Å². The van der Waals surface area contributed by atoms with Crippen LogP contribution in [0.2, 0.25) is 0 Å². The molecule has 6 rings (SSSR count). The van der Waals surface area contributed by atoms with E-state index in [0.717, 1.165) is 60.0 Å². The van der Waals surface area contributed by atoms with Gasteiger partial charge in [-0.2, -0.15) is 0 Å². The lowest BCUT2D eigenvalue weighted by molar-refractivity contribution is 0.0802. The van der Waals surface area contributed by atoms with E-state index in [1.165, 1.54) is 0 Å². The third-order valence-corrected chi connectivity index (χ3v) is 6.59. The molecule has 176 valence electrons. The summed E-state index contributed by atoms with van der Waals surface area (Å²) >= 11 is 0. The number of aliphatic imine (C=N–C) groups is 1. The predicted octanol–water partition coefficient (Wildman–Crippen LogP) is 3.70. The van der Waals surface area contributed by atoms with Crippen LogP contribution in [0.25, 0.3) is 28.2 Å². The molecule has 3 aromatic heterocycles. The van der Waals surface area contributed by atoms with E-state index in [1.807, 2.05) is 42.6 Å². The first-order chi connectivity index (χ1) is 17.2. The molecule has 1 unspecified atom stereocenters. The number of hydrogen-bond donors (Lipinski definition) is 2. The fourth-order valence-electron chi connectivity index (χ4n) is 4.55. The number of aromatic nitrogens is 4. The van der Waals surface area contributed by atoms with Crippen LogP contribution in [0, 0.1) is 0 Å². The van der Waals surface area contributed by atoms with E-state index in [4.69, 9.17) is 15.5 Å². The number of pyridine rings is 1. The van der Waals surface area contributed by atoms with Crippen LogP contribution >= 0.6 is 0 Å². The molecule has 1 atom stereocenters. The maximum Gasteiger partial charge on any atom is 0.154 e. The van der Waals surface area contributed by atoms with Crippen molar-refractivity contribution in [2.45, 2.75) is 30.8 Å². The van der Waals surface area contributed by atoms with Gasteiger partial charge in [-0.05, 0) is 54.7 Å². The maximum absolute atomic E-state index is 6.72. The topological polar surface area (TPSA) is 103 Å². The Balaban J connectivity index is 1.27. The van der Waals surface area contributed by atoms with Crippen LogP contribution in [0.1, 0.15) is 25.1 Å². The third-order valence-electron chi connectivity index (χ3n) is 6.59. The summed E-state index contributed by atoms with van der Waals surface area (Å²) in [6, 6.07) is 16.7. The first-order valence-corrected chi connectivity index (χ1v) is 11.9. The number of benzene rings is 1. The Morgan fingerprint density at radius 1 is 1.00 bits per heavy atom. The smallest absolute Gasteiger partial charge is 0.154 e. The molecule has 0 bridgehead atoms. The summed E-state index contributed by atoms with van der Waals surface area (Å²) in [6.45, 7) is 1.57. The van der Waals surface area contributed by atoms with E-state index in [0.29, 0.717) is 18.3 Å². The summed E-state index contributed by atoms with van der Waals surface area (Å²) < 4.78 is 7.49. The zero-order valence-electron chi connectivity index (χ0n) is 19.3. The quantitative estimate of drug-likeness (QED) is 0.466. The van der Waals surface area contributed by atoms with Crippen molar-refractivity contribution in [1.29, 1.82) is 0 Å². The van der Waals surface area contributed by atoms with Crippen LogP contribution in [-0.2, 0) is 10.3 Å². The largest absolute Gasteiger partial charge is 0.381 e. The molecule has 1 saturated heterocycles. The van der Waals surface area contributed by atoms with Crippen molar-refractivity contribution in [3.05, 3.63) is 84.8 Å². The number of rotatable bonds is 5. The van der Waals surface area contributed by atoms with Gasteiger partial charge in [0.05, 0.1) is 17.6 Å². The molecule has 1 aromatic carbocycles. The minimum atomic E-state index is -0.868. The number of nitrogens with zero attached hydrogens (tertiary/aromatic N) is 5. The van der Waals surface area contributed by atoms with Crippen LogP contribution in [0.4, 0.5) is 0 Å². The highest BCUT2D eigenvalue weighted by molar-refractivity contribution is 5.74. The molecule has 3 N–H and O–H groups in total. The fourth-order valence-corrected chi connectivity index (χ4v) is 4.55. The number of hydrogen-bond acceptors (Lipinski definition) is 7. The van der Waals surface area contributed by atoms with E-state index in [2.05, 4.69) is 49.1 Å². The molecule has 0 aliphatic carbocycles. The normalized spacial score (nSPS) is 20.7. The van der Waals surface area contributed by atoms with Gasteiger partial charge in [-0.3, -0.25) is 4.40 Å². The highest BCUT2D eigenvalue weighted by atomic mass is 16.5. The van der Waals surface area contributed by atoms with Crippen LogP contribution in [0.5, 0.6) is 0 Å². The number of imidazole rings is 1. The molecule has 0 amide bonds. The second-order valence-electron chi connectivity index (χ2n) is 9.04. The van der Waals surface area contributed by atoms with Gasteiger partial charge in [-0.1, -0.05) is 30.3 Å². The molecular formula is C27H27N7O. The van der Waals surface area contributed by atoms with Gasteiger partial charge in [0, 0.05) is 37.9 Å². The van der Waals surface area contributed by atoms with E-state index in [9.17, 15) is 0 Å². The average Bonchev–Trinajstić information content (AvgIpc) is 3.35. The second kappa shape index (κ2) is 9.05. The third kappa shape index (κ3) is 4.34. The van der Waals surface area contributed by atoms with Crippen LogP contribution < -0.4 is 11.1 Å². The molecule has 8 nitrogen and oxygen atoms in total. The number of nitrogens with two attached hydrogens (primary N) is 1.